The van der Waals surface area contributed by atoms with Gasteiger partial charge in [-0.25, -0.2) is 4.98 Å². The highest BCUT2D eigenvalue weighted by molar-refractivity contribution is 6.43. The van der Waals surface area contributed by atoms with Gasteiger partial charge in [0.25, 0.3) is 0 Å². The van der Waals surface area contributed by atoms with Crippen molar-refractivity contribution < 1.29 is 19.3 Å². The summed E-state index contributed by atoms with van der Waals surface area (Å²) in [5.41, 5.74) is 2.18. The molecular weight excluding hydrogens is 332 g/mol. The van der Waals surface area contributed by atoms with Gasteiger partial charge in [0, 0.05) is 17.3 Å². The normalized spacial score (nSPS) is 11.8. The van der Waals surface area contributed by atoms with Gasteiger partial charge in [-0.15, -0.1) is 12.4 Å². The van der Waals surface area contributed by atoms with Crippen LogP contribution in [0.2, 0.25) is 0 Å². The van der Waals surface area contributed by atoms with E-state index in [1.165, 1.54) is 6.33 Å². The third kappa shape index (κ3) is 4.17. The summed E-state index contributed by atoms with van der Waals surface area (Å²) < 4.78 is 5.43. The lowest BCUT2D eigenvalue weighted by atomic mass is 9.76. The van der Waals surface area contributed by atoms with Gasteiger partial charge in [0.1, 0.15) is 5.58 Å². The summed E-state index contributed by atoms with van der Waals surface area (Å²) in [4.78, 5) is 18.7. The largest absolute Gasteiger partial charge is 0.475 e. The van der Waals surface area contributed by atoms with Crippen molar-refractivity contribution >= 4 is 36.4 Å². The predicted octanol–water partition coefficient (Wildman–Crippen LogP) is 0.860. The highest BCUT2D eigenvalue weighted by Gasteiger charge is 2.27. The summed E-state index contributed by atoms with van der Waals surface area (Å²) in [5.74, 6) is -1.15. The number of imidazole rings is 1. The first-order chi connectivity index (χ1) is 11.1. The number of para-hydroxylation sites is 1. The van der Waals surface area contributed by atoms with Gasteiger partial charge in [0.05, 0.1) is 25.0 Å². The average Bonchev–Trinajstić information content (AvgIpc) is 3.16. The summed E-state index contributed by atoms with van der Waals surface area (Å²) in [6.07, 6.45) is 4.95. The maximum atomic E-state index is 12.0. The van der Waals surface area contributed by atoms with E-state index >= 15 is 0 Å². The summed E-state index contributed by atoms with van der Waals surface area (Å²) in [6.45, 7) is 0. The Bertz CT molecular complexity index is 791. The van der Waals surface area contributed by atoms with Crippen LogP contribution in [0.5, 0.6) is 0 Å². The Kier molecular flexibility index (Phi) is 6.02. The van der Waals surface area contributed by atoms with Gasteiger partial charge in [-0.1, -0.05) is 18.2 Å². The fraction of sp³-hybridized carbons (Fsp3) is 0.200. The molecule has 0 aliphatic heterocycles. The monoisotopic (exact) mass is 349 g/mol. The number of hydrogen-bond donors (Lipinski definition) is 4. The second kappa shape index (κ2) is 8.00. The molecule has 24 heavy (non-hydrogen) atoms. The van der Waals surface area contributed by atoms with Crippen molar-refractivity contribution in [3.8, 4) is 0 Å². The third-order valence-electron chi connectivity index (χ3n) is 3.61. The van der Waals surface area contributed by atoms with Gasteiger partial charge in [-0.2, -0.15) is 0 Å². The number of amides is 1. The van der Waals surface area contributed by atoms with E-state index in [0.717, 1.165) is 16.5 Å². The van der Waals surface area contributed by atoms with Crippen LogP contribution >= 0.6 is 12.4 Å². The molecule has 0 radical (unpaired) electrons. The number of nitrogens with one attached hydrogen (secondary N) is 2. The zero-order chi connectivity index (χ0) is 16.2. The third-order valence-corrected chi connectivity index (χ3v) is 3.61. The number of nitrogens with zero attached hydrogens (tertiary/aromatic N) is 1. The molecule has 126 valence electrons. The van der Waals surface area contributed by atoms with E-state index in [9.17, 15) is 14.8 Å². The summed E-state index contributed by atoms with van der Waals surface area (Å²) in [6, 6.07) is 7.46. The molecule has 7 nitrogen and oxygen atoms in total. The Labute approximate surface area is 144 Å². The highest BCUT2D eigenvalue weighted by atomic mass is 35.5. The van der Waals surface area contributed by atoms with Gasteiger partial charge in [-0.05, 0) is 18.1 Å². The van der Waals surface area contributed by atoms with Crippen molar-refractivity contribution in [3.05, 3.63) is 54.3 Å². The molecule has 0 bridgehead atoms. The number of rotatable bonds is 6. The molecule has 2 heterocycles. The first-order valence-corrected chi connectivity index (χ1v) is 7.21. The number of halogens is 1. The zero-order valence-corrected chi connectivity index (χ0v) is 13.5. The van der Waals surface area contributed by atoms with Crippen molar-refractivity contribution in [2.75, 3.05) is 0 Å². The Balaban J connectivity index is 0.00000208. The fourth-order valence-electron chi connectivity index (χ4n) is 2.47. The topological polar surface area (TPSA) is 111 Å². The van der Waals surface area contributed by atoms with Crippen molar-refractivity contribution in [2.45, 2.75) is 18.8 Å². The summed E-state index contributed by atoms with van der Waals surface area (Å²) in [7, 11) is -1.67. The lowest BCUT2D eigenvalue weighted by Crippen LogP contribution is -2.48. The van der Waals surface area contributed by atoms with E-state index in [2.05, 4.69) is 15.3 Å². The Morgan fingerprint density at radius 1 is 1.38 bits per heavy atom. The van der Waals surface area contributed by atoms with Crippen molar-refractivity contribution in [2.24, 2.45) is 0 Å². The minimum absolute atomic E-state index is 0. The van der Waals surface area contributed by atoms with Crippen LogP contribution < -0.4 is 5.32 Å². The maximum absolute atomic E-state index is 12.0. The van der Waals surface area contributed by atoms with Gasteiger partial charge in [-0.3, -0.25) is 4.79 Å². The van der Waals surface area contributed by atoms with Crippen LogP contribution in [0.25, 0.3) is 11.0 Å². The van der Waals surface area contributed by atoms with Crippen molar-refractivity contribution in [3.63, 3.8) is 0 Å². The van der Waals surface area contributed by atoms with Crippen LogP contribution in [0.15, 0.2) is 47.5 Å². The molecule has 3 aromatic rings. The molecule has 0 spiro atoms. The molecule has 2 aromatic heterocycles. The smallest absolute Gasteiger partial charge is 0.464 e. The molecule has 0 aliphatic rings. The molecule has 1 unspecified atom stereocenters. The molecule has 0 fully saturated rings. The van der Waals surface area contributed by atoms with Gasteiger partial charge in [0.15, 0.2) is 0 Å². The number of furan rings is 1. The lowest BCUT2D eigenvalue weighted by Gasteiger charge is -2.17. The number of benzene rings is 1. The number of carbonyl (C=O) groups is 1. The number of carbonyl (C=O) groups excluding carboxylic acids is 1. The van der Waals surface area contributed by atoms with Crippen LogP contribution in [-0.4, -0.2) is 39.0 Å². The van der Waals surface area contributed by atoms with E-state index in [1.54, 1.807) is 12.5 Å². The second-order valence-electron chi connectivity index (χ2n) is 5.30. The average molecular weight is 350 g/mol. The van der Waals surface area contributed by atoms with E-state index in [-0.39, 0.29) is 31.2 Å². The van der Waals surface area contributed by atoms with E-state index in [0.29, 0.717) is 5.69 Å². The number of hydrogen-bond acceptors (Lipinski definition) is 5. The Hall–Kier alpha value is -2.29. The molecule has 0 aliphatic carbocycles. The Morgan fingerprint density at radius 2 is 2.17 bits per heavy atom. The van der Waals surface area contributed by atoms with Crippen LogP contribution in [0, 0.1) is 0 Å². The van der Waals surface area contributed by atoms with Crippen LogP contribution in [-0.2, 0) is 17.6 Å². The summed E-state index contributed by atoms with van der Waals surface area (Å²) in [5, 5.41) is 22.6. The zero-order valence-electron chi connectivity index (χ0n) is 12.7. The number of aromatic nitrogens is 2. The lowest BCUT2D eigenvalue weighted by molar-refractivity contribution is -0.120. The van der Waals surface area contributed by atoms with Crippen LogP contribution in [0.4, 0.5) is 0 Å². The van der Waals surface area contributed by atoms with Crippen LogP contribution in [0.3, 0.4) is 0 Å². The van der Waals surface area contributed by atoms with Crippen molar-refractivity contribution in [1.82, 2.24) is 15.3 Å². The first kappa shape index (κ1) is 18.1. The molecule has 1 aromatic carbocycles. The minimum atomic E-state index is -1.67. The molecule has 0 saturated carbocycles. The molecular formula is C15H17BClN3O4. The standard InChI is InChI=1S/C15H16BN3O4.ClH/c20-15(6-11-7-17-9-18-11)19-14(16(21)22)5-10-8-23-13-4-2-1-3-12(10)13;/h1-4,7-9,14,21-22H,5-6H2,(H,17,18)(H,19,20);1H. The maximum Gasteiger partial charge on any atom is 0.475 e. The molecule has 0 saturated heterocycles. The van der Waals surface area contributed by atoms with Gasteiger partial charge < -0.3 is 24.8 Å². The SMILES string of the molecule is Cl.O=C(Cc1cnc[nH]1)NC(Cc1coc2ccccc12)B(O)O. The fourth-order valence-corrected chi connectivity index (χ4v) is 2.47. The number of H-pyrrole nitrogens is 1. The van der Waals surface area contributed by atoms with Crippen LogP contribution in [0.1, 0.15) is 11.3 Å². The molecule has 1 atom stereocenters. The van der Waals surface area contributed by atoms with Crippen molar-refractivity contribution in [1.29, 1.82) is 0 Å². The quantitative estimate of drug-likeness (QED) is 0.493. The predicted molar refractivity (Wildman–Crippen MR) is 91.6 cm³/mol. The van der Waals surface area contributed by atoms with Gasteiger partial charge >= 0.3 is 7.12 Å². The molecule has 3 rings (SSSR count). The van der Waals surface area contributed by atoms with Gasteiger partial charge in [0.2, 0.25) is 5.91 Å². The van der Waals surface area contributed by atoms with E-state index in [4.69, 9.17) is 4.42 Å². The molecule has 1 amide bonds. The molecule has 4 N–H and O–H groups in total. The second-order valence-corrected chi connectivity index (χ2v) is 5.30. The summed E-state index contributed by atoms with van der Waals surface area (Å²) >= 11 is 0. The first-order valence-electron chi connectivity index (χ1n) is 7.21. The highest BCUT2D eigenvalue weighted by Crippen LogP contribution is 2.22. The Morgan fingerprint density at radius 3 is 2.88 bits per heavy atom. The number of aromatic amines is 1. The van der Waals surface area contributed by atoms with E-state index in [1.807, 2.05) is 24.3 Å². The minimum Gasteiger partial charge on any atom is -0.464 e. The van der Waals surface area contributed by atoms with E-state index < -0.39 is 13.1 Å². The number of fused-ring (bicyclic) bond motifs is 1. The molecule has 9 heteroatoms.